The zero-order valence-corrected chi connectivity index (χ0v) is 11.1. The van der Waals surface area contributed by atoms with Gasteiger partial charge in [-0.05, 0) is 44.0 Å². The molecular formula is C15H19N3O. The van der Waals surface area contributed by atoms with Crippen LogP contribution in [0.15, 0.2) is 24.3 Å². The summed E-state index contributed by atoms with van der Waals surface area (Å²) in [5, 5.41) is 14.9. The Kier molecular flexibility index (Phi) is 4.40. The van der Waals surface area contributed by atoms with Crippen molar-refractivity contribution in [3.8, 4) is 6.07 Å². The first-order chi connectivity index (χ1) is 9.19. The number of hydrogen-bond acceptors (Lipinski definition) is 3. The molecule has 0 aromatic heterocycles. The Balaban J connectivity index is 1.86. The molecule has 2 N–H and O–H groups in total. The molecule has 1 atom stereocenters. The second-order valence-corrected chi connectivity index (χ2v) is 5.05. The summed E-state index contributed by atoms with van der Waals surface area (Å²) in [5.41, 5.74) is 1.47. The highest BCUT2D eigenvalue weighted by molar-refractivity contribution is 5.84. The third-order valence-electron chi connectivity index (χ3n) is 3.49. The number of nitrogens with zero attached hydrogens (tertiary/aromatic N) is 1. The molecule has 1 fully saturated rings. The van der Waals surface area contributed by atoms with Crippen molar-refractivity contribution in [2.24, 2.45) is 0 Å². The predicted octanol–water partition coefficient (Wildman–Crippen LogP) is 2.42. The van der Waals surface area contributed by atoms with Gasteiger partial charge >= 0.3 is 0 Å². The monoisotopic (exact) mass is 257 g/mol. The minimum absolute atomic E-state index is 0.0382. The molecule has 0 heterocycles. The predicted molar refractivity (Wildman–Crippen MR) is 74.6 cm³/mol. The van der Waals surface area contributed by atoms with Crippen molar-refractivity contribution in [2.75, 3.05) is 5.32 Å². The van der Waals surface area contributed by atoms with E-state index in [4.69, 9.17) is 5.26 Å². The highest BCUT2D eigenvalue weighted by atomic mass is 16.2. The molecule has 100 valence electrons. The van der Waals surface area contributed by atoms with Gasteiger partial charge in [-0.25, -0.2) is 0 Å². The molecule has 0 radical (unpaired) electrons. The van der Waals surface area contributed by atoms with Crippen molar-refractivity contribution >= 4 is 11.6 Å². The second-order valence-electron chi connectivity index (χ2n) is 5.05. The molecule has 1 amide bonds. The van der Waals surface area contributed by atoms with Crippen LogP contribution in [0, 0.1) is 11.3 Å². The number of carbonyl (C=O) groups is 1. The van der Waals surface area contributed by atoms with Gasteiger partial charge in [0.15, 0.2) is 0 Å². The molecule has 0 saturated heterocycles. The molecule has 2 rings (SSSR count). The number of nitriles is 1. The van der Waals surface area contributed by atoms with Crippen LogP contribution >= 0.6 is 0 Å². The molecule has 1 unspecified atom stereocenters. The summed E-state index contributed by atoms with van der Waals surface area (Å²) < 4.78 is 0. The topological polar surface area (TPSA) is 64.9 Å². The van der Waals surface area contributed by atoms with Gasteiger partial charge in [0.25, 0.3) is 0 Å². The van der Waals surface area contributed by atoms with Crippen molar-refractivity contribution in [3.63, 3.8) is 0 Å². The average molecular weight is 257 g/mol. The molecule has 19 heavy (non-hydrogen) atoms. The standard InChI is InChI=1S/C15H19N3O/c1-11(15(19)18-13-4-2-3-5-13)17-14-8-6-12(10-16)7-9-14/h6-9,11,13,17H,2-5H2,1H3,(H,18,19). The fourth-order valence-electron chi connectivity index (χ4n) is 2.35. The Morgan fingerprint density at radius 1 is 1.32 bits per heavy atom. The Morgan fingerprint density at radius 2 is 1.95 bits per heavy atom. The second kappa shape index (κ2) is 6.24. The van der Waals surface area contributed by atoms with Gasteiger partial charge < -0.3 is 10.6 Å². The number of amides is 1. The maximum absolute atomic E-state index is 12.0. The number of benzene rings is 1. The van der Waals surface area contributed by atoms with E-state index < -0.39 is 0 Å². The molecule has 1 aliphatic carbocycles. The van der Waals surface area contributed by atoms with Crippen LogP contribution in [0.2, 0.25) is 0 Å². The summed E-state index contributed by atoms with van der Waals surface area (Å²) in [6.45, 7) is 1.85. The van der Waals surface area contributed by atoms with Crippen LogP contribution in [0.3, 0.4) is 0 Å². The Morgan fingerprint density at radius 3 is 2.53 bits per heavy atom. The van der Waals surface area contributed by atoms with Crippen molar-refractivity contribution in [1.82, 2.24) is 5.32 Å². The molecule has 1 aliphatic rings. The van der Waals surface area contributed by atoms with E-state index in [9.17, 15) is 4.79 Å². The van der Waals surface area contributed by atoms with E-state index in [1.807, 2.05) is 19.1 Å². The van der Waals surface area contributed by atoms with E-state index in [1.54, 1.807) is 12.1 Å². The summed E-state index contributed by atoms with van der Waals surface area (Å²) in [7, 11) is 0. The normalized spacial score (nSPS) is 16.6. The number of carbonyl (C=O) groups excluding carboxylic acids is 1. The van der Waals surface area contributed by atoms with E-state index in [2.05, 4.69) is 16.7 Å². The number of rotatable bonds is 4. The van der Waals surface area contributed by atoms with Gasteiger partial charge in [-0.15, -0.1) is 0 Å². The van der Waals surface area contributed by atoms with Crippen molar-refractivity contribution in [3.05, 3.63) is 29.8 Å². The summed E-state index contributed by atoms with van der Waals surface area (Å²) in [5.74, 6) is 0.0382. The zero-order chi connectivity index (χ0) is 13.7. The fourth-order valence-corrected chi connectivity index (χ4v) is 2.35. The number of hydrogen-bond donors (Lipinski definition) is 2. The summed E-state index contributed by atoms with van der Waals surface area (Å²) in [6, 6.07) is 9.26. The van der Waals surface area contributed by atoms with Crippen LogP contribution in [0.1, 0.15) is 38.2 Å². The highest BCUT2D eigenvalue weighted by Crippen LogP contribution is 2.18. The third-order valence-corrected chi connectivity index (χ3v) is 3.49. The molecule has 4 heteroatoms. The van der Waals surface area contributed by atoms with Crippen LogP contribution in [0.5, 0.6) is 0 Å². The smallest absolute Gasteiger partial charge is 0.242 e. The van der Waals surface area contributed by atoms with E-state index >= 15 is 0 Å². The summed E-state index contributed by atoms with van der Waals surface area (Å²) >= 11 is 0. The Labute approximate surface area is 113 Å². The van der Waals surface area contributed by atoms with Gasteiger partial charge in [0.1, 0.15) is 6.04 Å². The van der Waals surface area contributed by atoms with Crippen molar-refractivity contribution in [2.45, 2.75) is 44.7 Å². The Hall–Kier alpha value is -2.02. The molecule has 1 saturated carbocycles. The lowest BCUT2D eigenvalue weighted by Crippen LogP contribution is -2.42. The van der Waals surface area contributed by atoms with Gasteiger partial charge in [0, 0.05) is 11.7 Å². The SMILES string of the molecule is CC(Nc1ccc(C#N)cc1)C(=O)NC1CCCC1. The van der Waals surface area contributed by atoms with E-state index in [1.165, 1.54) is 12.8 Å². The summed E-state index contributed by atoms with van der Waals surface area (Å²) in [6.07, 6.45) is 4.61. The van der Waals surface area contributed by atoms with Crippen LogP contribution in [0.4, 0.5) is 5.69 Å². The van der Waals surface area contributed by atoms with E-state index in [-0.39, 0.29) is 11.9 Å². The van der Waals surface area contributed by atoms with Gasteiger partial charge in [0.2, 0.25) is 5.91 Å². The number of nitrogens with one attached hydrogen (secondary N) is 2. The lowest BCUT2D eigenvalue weighted by molar-refractivity contribution is -0.122. The third kappa shape index (κ3) is 3.72. The highest BCUT2D eigenvalue weighted by Gasteiger charge is 2.20. The molecule has 1 aromatic rings. The molecule has 0 spiro atoms. The van der Waals surface area contributed by atoms with Gasteiger partial charge in [-0.1, -0.05) is 12.8 Å². The van der Waals surface area contributed by atoms with Crippen molar-refractivity contribution < 1.29 is 4.79 Å². The maximum Gasteiger partial charge on any atom is 0.242 e. The first kappa shape index (κ1) is 13.4. The molecule has 1 aromatic carbocycles. The largest absolute Gasteiger partial charge is 0.374 e. The maximum atomic E-state index is 12.0. The van der Waals surface area contributed by atoms with Gasteiger partial charge in [0.05, 0.1) is 11.6 Å². The first-order valence-corrected chi connectivity index (χ1v) is 6.76. The molecule has 0 bridgehead atoms. The van der Waals surface area contributed by atoms with E-state index in [0.717, 1.165) is 18.5 Å². The van der Waals surface area contributed by atoms with Crippen LogP contribution in [-0.4, -0.2) is 18.0 Å². The number of anilines is 1. The lowest BCUT2D eigenvalue weighted by atomic mass is 10.2. The Bertz CT molecular complexity index is 469. The van der Waals surface area contributed by atoms with Crippen LogP contribution < -0.4 is 10.6 Å². The minimum Gasteiger partial charge on any atom is -0.374 e. The molecule has 0 aliphatic heterocycles. The van der Waals surface area contributed by atoms with E-state index in [0.29, 0.717) is 11.6 Å². The minimum atomic E-state index is -0.270. The quantitative estimate of drug-likeness (QED) is 0.870. The lowest BCUT2D eigenvalue weighted by Gasteiger charge is -2.18. The van der Waals surface area contributed by atoms with Crippen molar-refractivity contribution in [1.29, 1.82) is 5.26 Å². The summed E-state index contributed by atoms with van der Waals surface area (Å²) in [4.78, 5) is 12.0. The van der Waals surface area contributed by atoms with Gasteiger partial charge in [-0.2, -0.15) is 5.26 Å². The zero-order valence-electron chi connectivity index (χ0n) is 11.1. The molecule has 4 nitrogen and oxygen atoms in total. The molecular weight excluding hydrogens is 238 g/mol. The average Bonchev–Trinajstić information content (AvgIpc) is 2.92. The van der Waals surface area contributed by atoms with Gasteiger partial charge in [-0.3, -0.25) is 4.79 Å². The van der Waals surface area contributed by atoms with Crippen LogP contribution in [-0.2, 0) is 4.79 Å². The first-order valence-electron chi connectivity index (χ1n) is 6.76. The van der Waals surface area contributed by atoms with Crippen LogP contribution in [0.25, 0.3) is 0 Å². The fraction of sp³-hybridized carbons (Fsp3) is 0.467.